The lowest BCUT2D eigenvalue weighted by Gasteiger charge is -2.38. The number of cyclic esters (lactones) is 1. The van der Waals surface area contributed by atoms with Gasteiger partial charge in [-0.2, -0.15) is 0 Å². The average molecular weight is 401 g/mol. The predicted octanol–water partition coefficient (Wildman–Crippen LogP) is 5.63. The highest BCUT2D eigenvalue weighted by molar-refractivity contribution is 5.92. The van der Waals surface area contributed by atoms with Crippen LogP contribution in [0, 0.1) is 11.8 Å². The summed E-state index contributed by atoms with van der Waals surface area (Å²) in [6.45, 7) is 5.93. The van der Waals surface area contributed by atoms with Gasteiger partial charge in [0.2, 0.25) is 0 Å². The van der Waals surface area contributed by atoms with E-state index in [9.17, 15) is 4.79 Å². The van der Waals surface area contributed by atoms with E-state index in [4.69, 9.17) is 14.2 Å². The van der Waals surface area contributed by atoms with Crippen LogP contribution in [0.15, 0.2) is 18.2 Å². The van der Waals surface area contributed by atoms with Crippen LogP contribution in [-0.2, 0) is 20.6 Å². The highest BCUT2D eigenvalue weighted by atomic mass is 16.7. The lowest BCUT2D eigenvalue weighted by Crippen LogP contribution is -2.38. The van der Waals surface area contributed by atoms with Crippen molar-refractivity contribution in [1.82, 2.24) is 0 Å². The van der Waals surface area contributed by atoms with E-state index in [-0.39, 0.29) is 18.4 Å². The molecule has 1 unspecified atom stereocenters. The lowest BCUT2D eigenvalue weighted by molar-refractivity contribution is -0.229. The summed E-state index contributed by atoms with van der Waals surface area (Å²) >= 11 is 0. The number of hydrogen-bond donors (Lipinski definition) is 0. The Bertz CT molecular complexity index is 684. The second kappa shape index (κ2) is 9.61. The maximum atomic E-state index is 12.2. The van der Waals surface area contributed by atoms with E-state index in [1.807, 2.05) is 6.92 Å². The summed E-state index contributed by atoms with van der Waals surface area (Å²) in [4.78, 5) is 12.2. The molecule has 2 fully saturated rings. The fraction of sp³-hybridized carbons (Fsp3) is 0.720. The molecule has 4 rings (SSSR count). The monoisotopic (exact) mass is 400 g/mol. The van der Waals surface area contributed by atoms with Gasteiger partial charge in [-0.15, -0.1) is 0 Å². The van der Waals surface area contributed by atoms with Crippen LogP contribution in [-0.4, -0.2) is 31.6 Å². The number of unbranched alkanes of at least 4 members (excludes halogenated alkanes) is 2. The molecule has 29 heavy (non-hydrogen) atoms. The van der Waals surface area contributed by atoms with Gasteiger partial charge in [0.1, 0.15) is 6.10 Å². The molecular weight excluding hydrogens is 364 g/mol. The zero-order valence-electron chi connectivity index (χ0n) is 18.0. The maximum absolute atomic E-state index is 12.2. The van der Waals surface area contributed by atoms with Crippen LogP contribution in [0.4, 0.5) is 0 Å². The molecule has 1 atom stereocenters. The summed E-state index contributed by atoms with van der Waals surface area (Å²) in [7, 11) is 0. The van der Waals surface area contributed by atoms with Crippen molar-refractivity contribution in [1.29, 1.82) is 0 Å². The Kier molecular flexibility index (Phi) is 6.92. The van der Waals surface area contributed by atoms with Crippen LogP contribution in [0.25, 0.3) is 0 Å². The van der Waals surface area contributed by atoms with Gasteiger partial charge in [0.05, 0.1) is 18.8 Å². The molecule has 1 saturated carbocycles. The Morgan fingerprint density at radius 3 is 2.52 bits per heavy atom. The smallest absolute Gasteiger partial charge is 0.338 e. The van der Waals surface area contributed by atoms with Crippen LogP contribution in [0.1, 0.15) is 92.6 Å². The number of carbonyl (C=O) groups is 1. The first-order valence-electron chi connectivity index (χ1n) is 11.7. The van der Waals surface area contributed by atoms with Crippen molar-refractivity contribution in [2.24, 2.45) is 11.8 Å². The molecular formula is C25H36O4. The summed E-state index contributed by atoms with van der Waals surface area (Å²) in [5.41, 5.74) is 3.19. The number of esters is 1. The second-order valence-electron chi connectivity index (χ2n) is 9.35. The summed E-state index contributed by atoms with van der Waals surface area (Å²) < 4.78 is 17.7. The Balaban J connectivity index is 1.27. The topological polar surface area (TPSA) is 44.8 Å². The molecule has 3 aliphatic rings. The summed E-state index contributed by atoms with van der Waals surface area (Å²) in [5.74, 6) is 1.44. The van der Waals surface area contributed by atoms with E-state index in [1.165, 1.54) is 31.2 Å². The van der Waals surface area contributed by atoms with Gasteiger partial charge < -0.3 is 14.2 Å². The Morgan fingerprint density at radius 2 is 1.79 bits per heavy atom. The minimum absolute atomic E-state index is 0.0154. The minimum atomic E-state index is -0.160. The molecule has 1 saturated heterocycles. The molecule has 0 amide bonds. The summed E-state index contributed by atoms with van der Waals surface area (Å²) in [6, 6.07) is 6.45. The van der Waals surface area contributed by atoms with Gasteiger partial charge >= 0.3 is 5.97 Å². The zero-order valence-corrected chi connectivity index (χ0v) is 18.0. The molecule has 1 aliphatic carbocycles. The number of fused-ring (bicyclic) bond motifs is 1. The third-order valence-corrected chi connectivity index (χ3v) is 7.01. The second-order valence-corrected chi connectivity index (χ2v) is 9.35. The van der Waals surface area contributed by atoms with Gasteiger partial charge in [0.25, 0.3) is 0 Å². The third kappa shape index (κ3) is 5.03. The first-order chi connectivity index (χ1) is 14.1. The molecule has 2 aliphatic heterocycles. The Morgan fingerprint density at radius 1 is 1.03 bits per heavy atom. The normalized spacial score (nSPS) is 32.5. The fourth-order valence-electron chi connectivity index (χ4n) is 5.22. The number of rotatable bonds is 6. The van der Waals surface area contributed by atoms with Crippen molar-refractivity contribution in [2.75, 3.05) is 13.2 Å². The number of carbonyl (C=O) groups excluding carboxylic acids is 1. The molecule has 0 aromatic heterocycles. The molecule has 4 heteroatoms. The van der Waals surface area contributed by atoms with Crippen molar-refractivity contribution < 1.29 is 19.0 Å². The van der Waals surface area contributed by atoms with Crippen molar-refractivity contribution in [3.63, 3.8) is 0 Å². The minimum Gasteiger partial charge on any atom is -0.459 e. The molecule has 0 radical (unpaired) electrons. The molecule has 1 aromatic rings. The number of hydrogen-bond acceptors (Lipinski definition) is 4. The van der Waals surface area contributed by atoms with Gasteiger partial charge in [0, 0.05) is 18.3 Å². The SMILES string of the molecule is CCCCCC1COC(C2CCC(c3ccc4c(c3)C(=O)OC(C)C4)CC2)OC1. The molecule has 160 valence electrons. The van der Waals surface area contributed by atoms with Crippen LogP contribution in [0.5, 0.6) is 0 Å². The standard InChI is InChI=1S/C25H36O4/c1-3-4-5-6-18-15-27-25(28-16-18)20-9-7-19(8-10-20)21-11-12-22-13-17(2)29-24(26)23(22)14-21/h11-12,14,17-20,25H,3-10,13,15-16H2,1-2H3. The Hall–Kier alpha value is -1.39. The molecule has 0 spiro atoms. The third-order valence-electron chi connectivity index (χ3n) is 7.01. The van der Waals surface area contributed by atoms with E-state index in [0.29, 0.717) is 17.8 Å². The van der Waals surface area contributed by atoms with Crippen LogP contribution < -0.4 is 0 Å². The summed E-state index contributed by atoms with van der Waals surface area (Å²) in [6.07, 6.45) is 10.4. The maximum Gasteiger partial charge on any atom is 0.338 e. The van der Waals surface area contributed by atoms with Crippen LogP contribution in [0.2, 0.25) is 0 Å². The van der Waals surface area contributed by atoms with Gasteiger partial charge in [-0.25, -0.2) is 4.79 Å². The van der Waals surface area contributed by atoms with Gasteiger partial charge in [-0.05, 0) is 62.1 Å². The molecule has 4 nitrogen and oxygen atoms in total. The van der Waals surface area contributed by atoms with Crippen molar-refractivity contribution in [2.45, 2.75) is 89.9 Å². The van der Waals surface area contributed by atoms with E-state index in [2.05, 4.69) is 25.1 Å². The molecule has 2 heterocycles. The van der Waals surface area contributed by atoms with Crippen LogP contribution >= 0.6 is 0 Å². The average Bonchev–Trinajstić information content (AvgIpc) is 2.74. The quantitative estimate of drug-likeness (QED) is 0.458. The van der Waals surface area contributed by atoms with Crippen LogP contribution in [0.3, 0.4) is 0 Å². The van der Waals surface area contributed by atoms with E-state index in [1.54, 1.807) is 0 Å². The first-order valence-corrected chi connectivity index (χ1v) is 11.7. The molecule has 0 bridgehead atoms. The van der Waals surface area contributed by atoms with E-state index < -0.39 is 0 Å². The summed E-state index contributed by atoms with van der Waals surface area (Å²) in [5, 5.41) is 0. The van der Waals surface area contributed by atoms with Crippen molar-refractivity contribution in [3.8, 4) is 0 Å². The fourth-order valence-corrected chi connectivity index (χ4v) is 5.22. The number of ether oxygens (including phenoxy) is 3. The van der Waals surface area contributed by atoms with Crippen molar-refractivity contribution >= 4 is 5.97 Å². The first kappa shape index (κ1) is 20.9. The molecule has 0 N–H and O–H groups in total. The highest BCUT2D eigenvalue weighted by Crippen LogP contribution is 2.40. The highest BCUT2D eigenvalue weighted by Gasteiger charge is 2.33. The van der Waals surface area contributed by atoms with Gasteiger partial charge in [-0.3, -0.25) is 0 Å². The lowest BCUT2D eigenvalue weighted by atomic mass is 9.77. The number of benzene rings is 1. The largest absolute Gasteiger partial charge is 0.459 e. The zero-order chi connectivity index (χ0) is 20.2. The van der Waals surface area contributed by atoms with Crippen molar-refractivity contribution in [3.05, 3.63) is 34.9 Å². The predicted molar refractivity (Wildman–Crippen MR) is 113 cm³/mol. The Labute approximate surface area is 175 Å². The van der Waals surface area contributed by atoms with E-state index >= 15 is 0 Å². The van der Waals surface area contributed by atoms with Gasteiger partial charge in [0.15, 0.2) is 6.29 Å². The van der Waals surface area contributed by atoms with E-state index in [0.717, 1.165) is 56.4 Å². The molecule has 1 aromatic carbocycles. The van der Waals surface area contributed by atoms with Gasteiger partial charge in [-0.1, -0.05) is 38.3 Å².